The van der Waals surface area contributed by atoms with Gasteiger partial charge in [-0.15, -0.1) is 11.3 Å². The number of nitrogens with zero attached hydrogens (tertiary/aromatic N) is 2. The van der Waals surface area contributed by atoms with Crippen LogP contribution in [0.25, 0.3) is 21.7 Å². The molecule has 2 aromatic carbocycles. The van der Waals surface area contributed by atoms with Gasteiger partial charge in [0.05, 0.1) is 21.9 Å². The van der Waals surface area contributed by atoms with Gasteiger partial charge in [-0.3, -0.25) is 4.79 Å². The summed E-state index contributed by atoms with van der Waals surface area (Å²) in [5.41, 5.74) is 3.24. The first-order valence-corrected chi connectivity index (χ1v) is 11.2. The van der Waals surface area contributed by atoms with Gasteiger partial charge in [0.15, 0.2) is 0 Å². The molecule has 2 heterocycles. The van der Waals surface area contributed by atoms with Crippen LogP contribution in [0.5, 0.6) is 0 Å². The molecular formula is C24H16FN3OS2. The molecule has 0 bridgehead atoms. The Morgan fingerprint density at radius 2 is 1.94 bits per heavy atom. The van der Waals surface area contributed by atoms with E-state index in [4.69, 9.17) is 0 Å². The van der Waals surface area contributed by atoms with E-state index in [0.717, 1.165) is 21.7 Å². The molecule has 0 saturated carbocycles. The van der Waals surface area contributed by atoms with Gasteiger partial charge in [-0.05, 0) is 41.3 Å². The summed E-state index contributed by atoms with van der Waals surface area (Å²) in [7, 11) is 0. The van der Waals surface area contributed by atoms with Gasteiger partial charge >= 0.3 is 0 Å². The Kier molecular flexibility index (Phi) is 6.41. The first-order valence-electron chi connectivity index (χ1n) is 9.36. The molecule has 31 heavy (non-hydrogen) atoms. The van der Waals surface area contributed by atoms with Crippen molar-refractivity contribution in [3.63, 3.8) is 0 Å². The second-order valence-corrected chi connectivity index (χ2v) is 8.45. The number of benzene rings is 2. The Balaban J connectivity index is 1.65. The summed E-state index contributed by atoms with van der Waals surface area (Å²) in [5.74, 6) is -0.681. The number of halogens is 1. The van der Waals surface area contributed by atoms with Gasteiger partial charge < -0.3 is 5.32 Å². The molecule has 7 heteroatoms. The smallest absolute Gasteiger partial charge is 0.234 e. The molecule has 0 aliphatic rings. The second-order valence-electron chi connectivity index (χ2n) is 6.54. The average Bonchev–Trinajstić information content (AvgIpc) is 3.33. The summed E-state index contributed by atoms with van der Waals surface area (Å²) >= 11 is 2.75. The van der Waals surface area contributed by atoms with E-state index in [1.807, 2.05) is 53.9 Å². The van der Waals surface area contributed by atoms with Crippen LogP contribution in [0.4, 0.5) is 10.1 Å². The predicted octanol–water partition coefficient (Wildman–Crippen LogP) is 6.22. The Labute approximate surface area is 187 Å². The number of anilines is 1. The summed E-state index contributed by atoms with van der Waals surface area (Å²) in [5, 5.41) is 15.0. The molecule has 0 spiro atoms. The van der Waals surface area contributed by atoms with Gasteiger partial charge in [-0.2, -0.15) is 5.26 Å². The molecule has 0 atom stereocenters. The highest BCUT2D eigenvalue weighted by molar-refractivity contribution is 8.00. The largest absolute Gasteiger partial charge is 0.325 e. The van der Waals surface area contributed by atoms with Crippen LogP contribution in [0.3, 0.4) is 0 Å². The van der Waals surface area contributed by atoms with Crippen LogP contribution in [0, 0.1) is 17.1 Å². The number of thioether (sulfide) groups is 1. The van der Waals surface area contributed by atoms with Crippen LogP contribution >= 0.6 is 23.1 Å². The van der Waals surface area contributed by atoms with Gasteiger partial charge in [0.1, 0.15) is 16.9 Å². The number of nitriles is 1. The summed E-state index contributed by atoms with van der Waals surface area (Å²) in [6.45, 7) is 0. The molecule has 152 valence electrons. The molecule has 4 rings (SSSR count). The minimum absolute atomic E-state index is 0.0420. The Hall–Kier alpha value is -3.47. The molecule has 0 aliphatic carbocycles. The standard InChI is InChI=1S/C24H16FN3OS2/c25-17-8-4-9-18(12-17)27-23(29)15-31-24-20(14-26)19(16-6-2-1-3-7-16)13-21(28-24)22-10-5-11-30-22/h1-13H,15H2,(H,27,29). The van der Waals surface area contributed by atoms with Gasteiger partial charge in [-0.1, -0.05) is 54.2 Å². The fraction of sp³-hybridized carbons (Fsp3) is 0.0417. The van der Waals surface area contributed by atoms with E-state index in [-0.39, 0.29) is 11.7 Å². The number of carbonyl (C=O) groups is 1. The summed E-state index contributed by atoms with van der Waals surface area (Å²) in [4.78, 5) is 18.1. The fourth-order valence-electron chi connectivity index (χ4n) is 3.03. The van der Waals surface area contributed by atoms with E-state index in [1.54, 1.807) is 17.4 Å². The number of rotatable bonds is 6. The lowest BCUT2D eigenvalue weighted by Crippen LogP contribution is -2.14. The number of amides is 1. The van der Waals surface area contributed by atoms with Gasteiger partial charge in [0.25, 0.3) is 0 Å². The highest BCUT2D eigenvalue weighted by Gasteiger charge is 2.17. The molecular weight excluding hydrogens is 429 g/mol. The van der Waals surface area contributed by atoms with Crippen LogP contribution in [0.15, 0.2) is 83.2 Å². The number of carbonyl (C=O) groups excluding carboxylic acids is 1. The number of nitrogens with one attached hydrogen (secondary N) is 1. The highest BCUT2D eigenvalue weighted by atomic mass is 32.2. The van der Waals surface area contributed by atoms with E-state index in [9.17, 15) is 14.4 Å². The third-order valence-electron chi connectivity index (χ3n) is 4.40. The monoisotopic (exact) mass is 445 g/mol. The minimum Gasteiger partial charge on any atom is -0.325 e. The number of thiophene rings is 1. The van der Waals surface area contributed by atoms with Gasteiger partial charge in [0.2, 0.25) is 5.91 Å². The zero-order valence-electron chi connectivity index (χ0n) is 16.2. The van der Waals surface area contributed by atoms with Crippen molar-refractivity contribution in [2.75, 3.05) is 11.1 Å². The maximum absolute atomic E-state index is 13.4. The molecule has 4 aromatic rings. The Bertz CT molecular complexity index is 1250. The SMILES string of the molecule is N#Cc1c(-c2ccccc2)cc(-c2cccs2)nc1SCC(=O)Nc1cccc(F)c1. The molecule has 0 saturated heterocycles. The van der Waals surface area contributed by atoms with Crippen molar-refractivity contribution in [1.82, 2.24) is 4.98 Å². The molecule has 4 nitrogen and oxygen atoms in total. The average molecular weight is 446 g/mol. The minimum atomic E-state index is -0.421. The van der Waals surface area contributed by atoms with Crippen molar-refractivity contribution < 1.29 is 9.18 Å². The summed E-state index contributed by atoms with van der Waals surface area (Å²) in [6.07, 6.45) is 0. The lowest BCUT2D eigenvalue weighted by molar-refractivity contribution is -0.113. The number of hydrogen-bond acceptors (Lipinski definition) is 5. The van der Waals surface area contributed by atoms with Crippen LogP contribution in [-0.4, -0.2) is 16.6 Å². The highest BCUT2D eigenvalue weighted by Crippen LogP contribution is 2.35. The molecule has 0 radical (unpaired) electrons. The molecule has 1 amide bonds. The van der Waals surface area contributed by atoms with Crippen LogP contribution < -0.4 is 5.32 Å². The van der Waals surface area contributed by atoms with E-state index in [2.05, 4.69) is 16.4 Å². The fourth-order valence-corrected chi connectivity index (χ4v) is 4.52. The second kappa shape index (κ2) is 9.56. The van der Waals surface area contributed by atoms with Crippen molar-refractivity contribution in [3.05, 3.63) is 89.6 Å². The zero-order valence-corrected chi connectivity index (χ0v) is 17.8. The van der Waals surface area contributed by atoms with Crippen molar-refractivity contribution in [3.8, 4) is 27.8 Å². The molecule has 0 fully saturated rings. The number of aromatic nitrogens is 1. The van der Waals surface area contributed by atoms with E-state index in [0.29, 0.717) is 16.3 Å². The molecule has 0 aliphatic heterocycles. The van der Waals surface area contributed by atoms with Crippen molar-refractivity contribution in [1.29, 1.82) is 5.26 Å². The summed E-state index contributed by atoms with van der Waals surface area (Å²) < 4.78 is 13.4. The normalized spacial score (nSPS) is 10.5. The first-order chi connectivity index (χ1) is 15.1. The van der Waals surface area contributed by atoms with Crippen molar-refractivity contribution in [2.45, 2.75) is 5.03 Å². The van der Waals surface area contributed by atoms with Crippen LogP contribution in [0.1, 0.15) is 5.56 Å². The van der Waals surface area contributed by atoms with E-state index < -0.39 is 5.82 Å². The molecule has 0 unspecified atom stereocenters. The lowest BCUT2D eigenvalue weighted by atomic mass is 10.0. The van der Waals surface area contributed by atoms with Crippen molar-refractivity contribution >= 4 is 34.7 Å². The molecule has 2 aromatic heterocycles. The van der Waals surface area contributed by atoms with Crippen LogP contribution in [0.2, 0.25) is 0 Å². The Morgan fingerprint density at radius 1 is 1.10 bits per heavy atom. The van der Waals surface area contributed by atoms with Gasteiger partial charge in [0, 0.05) is 11.3 Å². The maximum Gasteiger partial charge on any atom is 0.234 e. The topological polar surface area (TPSA) is 65.8 Å². The predicted molar refractivity (Wildman–Crippen MR) is 123 cm³/mol. The third-order valence-corrected chi connectivity index (χ3v) is 6.27. The van der Waals surface area contributed by atoms with E-state index in [1.165, 1.54) is 30.0 Å². The third kappa shape index (κ3) is 5.00. The zero-order chi connectivity index (χ0) is 21.6. The number of hydrogen-bond donors (Lipinski definition) is 1. The maximum atomic E-state index is 13.4. The first kappa shape index (κ1) is 20.8. The van der Waals surface area contributed by atoms with E-state index >= 15 is 0 Å². The van der Waals surface area contributed by atoms with Gasteiger partial charge in [-0.25, -0.2) is 9.37 Å². The Morgan fingerprint density at radius 3 is 2.65 bits per heavy atom. The quantitative estimate of drug-likeness (QED) is 0.358. The molecule has 1 N–H and O–H groups in total. The number of pyridine rings is 1. The lowest BCUT2D eigenvalue weighted by Gasteiger charge is -2.12. The van der Waals surface area contributed by atoms with Crippen LogP contribution in [-0.2, 0) is 4.79 Å². The summed E-state index contributed by atoms with van der Waals surface area (Å²) in [6, 6.07) is 23.5. The van der Waals surface area contributed by atoms with Crippen molar-refractivity contribution in [2.24, 2.45) is 0 Å².